The van der Waals surface area contributed by atoms with E-state index >= 15 is 0 Å². The molecule has 0 aliphatic carbocycles. The fraction of sp³-hybridized carbons (Fsp3) is 0.850. The number of carbonyl (C=O) groups excluding carboxylic acids is 4. The van der Waals surface area contributed by atoms with E-state index in [0.717, 1.165) is 90.6 Å². The first-order valence-electron chi connectivity index (χ1n) is 39.8. The molecule has 0 saturated carbocycles. The van der Waals surface area contributed by atoms with Gasteiger partial charge in [0.05, 0.1) is 0 Å². The van der Waals surface area contributed by atoms with Gasteiger partial charge in [0.25, 0.3) is 0 Å². The van der Waals surface area contributed by atoms with Gasteiger partial charge in [-0.1, -0.05) is 282 Å². The number of nitrogens with one attached hydrogen (secondary N) is 3. The molecule has 13 nitrogen and oxygen atoms in total. The van der Waals surface area contributed by atoms with Crippen molar-refractivity contribution in [3.63, 3.8) is 0 Å². The van der Waals surface area contributed by atoms with E-state index in [9.17, 15) is 19.2 Å². The van der Waals surface area contributed by atoms with Crippen LogP contribution in [0.4, 0.5) is 0 Å². The Kier molecular flexibility index (Phi) is 103. The molecule has 0 aromatic rings. The summed E-state index contributed by atoms with van der Waals surface area (Å²) in [5.41, 5.74) is 31.0. The molecule has 0 spiro atoms. The van der Waals surface area contributed by atoms with Crippen LogP contribution in [-0.2, 0) is 19.2 Å². The average molecular weight is 1320 g/mol. The number of hydrogen-bond acceptors (Lipinski definition) is 9. The summed E-state index contributed by atoms with van der Waals surface area (Å²) in [4.78, 5) is 42.2. The molecule has 4 amide bonds. The number of amides is 4. The van der Waals surface area contributed by atoms with Gasteiger partial charge in [-0.3, -0.25) is 19.2 Å². The summed E-state index contributed by atoms with van der Waals surface area (Å²) in [7, 11) is 0. The van der Waals surface area contributed by atoms with Gasteiger partial charge < -0.3 is 50.4 Å². The Morgan fingerprint density at radius 2 is 0.355 bits per heavy atom. The molecule has 15 N–H and O–H groups in total. The maximum atomic E-state index is 10.5. The highest BCUT2D eigenvalue weighted by atomic mass is 16.2. The number of carbonyl (C=O) groups is 4. The van der Waals surface area contributed by atoms with Crippen LogP contribution in [0.1, 0.15) is 387 Å². The molecular weight excluding hydrogens is 1150 g/mol. The van der Waals surface area contributed by atoms with Crippen LogP contribution in [0.3, 0.4) is 0 Å². The van der Waals surface area contributed by atoms with Crippen molar-refractivity contribution in [2.45, 2.75) is 387 Å². The van der Waals surface area contributed by atoms with Crippen molar-refractivity contribution >= 4 is 23.6 Å². The van der Waals surface area contributed by atoms with Crippen LogP contribution in [0.2, 0.25) is 0 Å². The van der Waals surface area contributed by atoms with Gasteiger partial charge >= 0.3 is 0 Å². The van der Waals surface area contributed by atoms with E-state index in [-0.39, 0.29) is 23.6 Å². The topological polar surface area (TPSA) is 260 Å². The molecule has 0 radical (unpaired) electrons. The highest BCUT2D eigenvalue weighted by molar-refractivity contribution is 5.74. The van der Waals surface area contributed by atoms with E-state index < -0.39 is 0 Å². The fourth-order valence-corrected chi connectivity index (χ4v) is 10.4. The molecule has 0 bridgehead atoms. The van der Waals surface area contributed by atoms with Gasteiger partial charge in [0.15, 0.2) is 0 Å². The molecule has 0 unspecified atom stereocenters. The van der Waals surface area contributed by atoms with Crippen LogP contribution in [0.5, 0.6) is 0 Å². The Morgan fingerprint density at radius 3 is 0.505 bits per heavy atom. The molecule has 93 heavy (non-hydrogen) atoms. The van der Waals surface area contributed by atoms with Crippen LogP contribution >= 0.6 is 0 Å². The third-order valence-electron chi connectivity index (χ3n) is 16.3. The second-order valence-corrected chi connectivity index (χ2v) is 26.0. The van der Waals surface area contributed by atoms with Gasteiger partial charge in [0.1, 0.15) is 0 Å². The van der Waals surface area contributed by atoms with Gasteiger partial charge in [-0.25, -0.2) is 0 Å². The number of primary amides is 4. The van der Waals surface area contributed by atoms with Crippen molar-refractivity contribution in [2.24, 2.45) is 34.4 Å². The minimum atomic E-state index is -0.164. The molecule has 0 fully saturated rings. The number of rotatable bonds is 70. The molecule has 0 atom stereocenters. The molecule has 0 aliphatic rings. The van der Waals surface area contributed by atoms with Gasteiger partial charge in [0.2, 0.25) is 23.6 Å². The van der Waals surface area contributed by atoms with Crippen molar-refractivity contribution in [3.8, 4) is 0 Å². The number of allylic oxidation sites excluding steroid dienone is 8. The molecule has 0 aliphatic heterocycles. The minimum Gasteiger partial charge on any atom is -0.370 e. The minimum absolute atomic E-state index is 0.164. The van der Waals surface area contributed by atoms with Gasteiger partial charge in [-0.2, -0.15) is 0 Å². The predicted octanol–water partition coefficient (Wildman–Crippen LogP) is 19.7. The second kappa shape index (κ2) is 97.3. The number of unbranched alkanes of at least 4 members (excludes halogenated alkanes) is 44. The molecular formula is C80H163N9O4. The summed E-state index contributed by atoms with van der Waals surface area (Å²) >= 11 is 0. The normalized spacial score (nSPS) is 11.2. The quantitative estimate of drug-likeness (QED) is 0.0207. The Morgan fingerprint density at radius 1 is 0.215 bits per heavy atom. The highest BCUT2D eigenvalue weighted by Crippen LogP contribution is 2.15. The van der Waals surface area contributed by atoms with E-state index in [2.05, 4.69) is 92.3 Å². The molecule has 0 aromatic heterocycles. The van der Waals surface area contributed by atoms with Crippen molar-refractivity contribution in [2.75, 3.05) is 52.4 Å². The first-order chi connectivity index (χ1) is 45.5. The van der Waals surface area contributed by atoms with Crippen LogP contribution in [0.15, 0.2) is 48.6 Å². The molecule has 13 heteroatoms. The van der Waals surface area contributed by atoms with E-state index in [1.54, 1.807) is 0 Å². The Balaban J connectivity index is -0.000000349. The summed E-state index contributed by atoms with van der Waals surface area (Å²) in [5.74, 6) is -0.657. The van der Waals surface area contributed by atoms with Gasteiger partial charge in [-0.15, -0.1) is 0 Å². The smallest absolute Gasteiger partial charge is 0.217 e. The van der Waals surface area contributed by atoms with Crippen LogP contribution < -0.4 is 50.4 Å². The summed E-state index contributed by atoms with van der Waals surface area (Å²) in [6, 6.07) is 0. The lowest BCUT2D eigenvalue weighted by Gasteiger charge is -2.06. The first kappa shape index (κ1) is 98.3. The van der Waals surface area contributed by atoms with E-state index in [4.69, 9.17) is 34.4 Å². The predicted molar refractivity (Wildman–Crippen MR) is 411 cm³/mol. The van der Waals surface area contributed by atoms with Gasteiger partial charge in [0, 0.05) is 78.0 Å². The standard InChI is InChI=1S/4C18H35NO.C8H23N5/c4*1-2-3-4-5-6-7-8-9-10-11-12-13-14-15-16-17-18(19)20;9-1-3-11-5-7-13-8-6-12-4-2-10/h4*9-10H,2-8,11-17H2,1H3,(H2,19,20);11-13H,1-10H2/b4*10-9-;. The van der Waals surface area contributed by atoms with E-state index in [1.807, 2.05) is 0 Å². The van der Waals surface area contributed by atoms with Crippen LogP contribution in [-0.4, -0.2) is 76.0 Å². The summed E-state index contributed by atoms with van der Waals surface area (Å²) in [6.07, 6.45) is 87.7. The Bertz CT molecular complexity index is 1330. The number of nitrogens with two attached hydrogens (primary N) is 6. The molecule has 0 aromatic carbocycles. The maximum absolute atomic E-state index is 10.5. The average Bonchev–Trinajstić information content (AvgIpc) is 3.55. The Labute approximate surface area is 578 Å². The molecule has 0 heterocycles. The zero-order valence-electron chi connectivity index (χ0n) is 62.5. The molecule has 0 saturated heterocycles. The lowest BCUT2D eigenvalue weighted by atomic mass is 10.1. The van der Waals surface area contributed by atoms with Crippen LogP contribution in [0, 0.1) is 0 Å². The molecule has 552 valence electrons. The second-order valence-electron chi connectivity index (χ2n) is 26.0. The third kappa shape index (κ3) is 119. The summed E-state index contributed by atoms with van der Waals surface area (Å²) < 4.78 is 0. The highest BCUT2D eigenvalue weighted by Gasteiger charge is 1.99. The monoisotopic (exact) mass is 1310 g/mol. The lowest BCUT2D eigenvalue weighted by molar-refractivity contribution is -0.119. The first-order valence-corrected chi connectivity index (χ1v) is 39.8. The Hall–Kier alpha value is -3.36. The molecule has 0 rings (SSSR count). The fourth-order valence-electron chi connectivity index (χ4n) is 10.4. The van der Waals surface area contributed by atoms with E-state index in [0.29, 0.717) is 38.8 Å². The van der Waals surface area contributed by atoms with Crippen molar-refractivity contribution in [1.29, 1.82) is 0 Å². The zero-order chi connectivity index (χ0) is 69.3. The number of hydrogen-bond donors (Lipinski definition) is 9. The van der Waals surface area contributed by atoms with Gasteiger partial charge in [-0.05, 0) is 128 Å². The summed E-state index contributed by atoms with van der Waals surface area (Å²) in [6.45, 7) is 16.2. The SMILES string of the molecule is CCCCCCCC/C=C\CCCCCCCC(N)=O.CCCCCCCC/C=C\CCCCCCCC(N)=O.CCCCCCCC/C=C\CCCCCCCC(N)=O.CCCCCCCC/C=C\CCCCCCCC(N)=O.NCCNCCNCCNCCN. The zero-order valence-corrected chi connectivity index (χ0v) is 62.5. The summed E-state index contributed by atoms with van der Waals surface area (Å²) in [5, 5.41) is 9.71. The van der Waals surface area contributed by atoms with Crippen molar-refractivity contribution < 1.29 is 19.2 Å². The van der Waals surface area contributed by atoms with Crippen LogP contribution in [0.25, 0.3) is 0 Å². The largest absolute Gasteiger partial charge is 0.370 e. The van der Waals surface area contributed by atoms with Crippen molar-refractivity contribution in [1.82, 2.24) is 16.0 Å². The van der Waals surface area contributed by atoms with E-state index in [1.165, 1.54) is 283 Å². The maximum Gasteiger partial charge on any atom is 0.217 e. The lowest BCUT2D eigenvalue weighted by Crippen LogP contribution is -2.35. The van der Waals surface area contributed by atoms with Crippen molar-refractivity contribution in [3.05, 3.63) is 48.6 Å². The third-order valence-corrected chi connectivity index (χ3v) is 16.3.